The average molecular weight is 352 g/mol. The summed E-state index contributed by atoms with van der Waals surface area (Å²) in [5, 5.41) is 2.74. The number of ether oxygens (including phenoxy) is 1. The molecule has 1 aromatic carbocycles. The van der Waals surface area contributed by atoms with Crippen LogP contribution in [0.15, 0.2) is 36.4 Å². The summed E-state index contributed by atoms with van der Waals surface area (Å²) in [7, 11) is 1.55. The van der Waals surface area contributed by atoms with Crippen LogP contribution in [0.5, 0.6) is 5.75 Å². The van der Waals surface area contributed by atoms with Gasteiger partial charge in [0.2, 0.25) is 17.7 Å². The first kappa shape index (κ1) is 15.6. The third-order valence-corrected chi connectivity index (χ3v) is 6.41. The van der Waals surface area contributed by atoms with Crippen LogP contribution in [-0.4, -0.2) is 36.3 Å². The SMILES string of the molecule is COc1cccc(NC(=O)CN2C(=O)[C@@H]3[C@H]4C=C[C@@H]([C@@H]5C[C@H]45)[C@H]3C2=O)c1. The number of methoxy groups -OCH3 is 1. The minimum absolute atomic E-state index is 0.175. The van der Waals surface area contributed by atoms with E-state index in [2.05, 4.69) is 17.5 Å². The van der Waals surface area contributed by atoms with Crippen LogP contribution >= 0.6 is 0 Å². The van der Waals surface area contributed by atoms with Crippen molar-refractivity contribution in [2.45, 2.75) is 6.42 Å². The van der Waals surface area contributed by atoms with E-state index in [4.69, 9.17) is 4.74 Å². The summed E-state index contributed by atoms with van der Waals surface area (Å²) >= 11 is 0. The van der Waals surface area contributed by atoms with Gasteiger partial charge in [-0.05, 0) is 42.2 Å². The first-order valence-corrected chi connectivity index (χ1v) is 9.06. The van der Waals surface area contributed by atoms with Gasteiger partial charge in [-0.2, -0.15) is 0 Å². The smallest absolute Gasteiger partial charge is 0.244 e. The second kappa shape index (κ2) is 5.43. The number of anilines is 1. The second-order valence-corrected chi connectivity index (χ2v) is 7.70. The number of nitrogens with one attached hydrogen (secondary N) is 1. The molecule has 2 bridgehead atoms. The van der Waals surface area contributed by atoms with Gasteiger partial charge in [0.25, 0.3) is 0 Å². The van der Waals surface area contributed by atoms with Gasteiger partial charge in [-0.15, -0.1) is 0 Å². The fourth-order valence-electron chi connectivity index (χ4n) is 5.22. The Morgan fingerprint density at radius 1 is 1.15 bits per heavy atom. The van der Waals surface area contributed by atoms with Gasteiger partial charge < -0.3 is 10.1 Å². The number of amides is 3. The lowest BCUT2D eigenvalue weighted by atomic mass is 9.63. The molecule has 1 saturated heterocycles. The van der Waals surface area contributed by atoms with E-state index in [1.807, 2.05) is 0 Å². The Labute approximate surface area is 151 Å². The third kappa shape index (κ3) is 2.14. The van der Waals surface area contributed by atoms with E-state index < -0.39 is 0 Å². The van der Waals surface area contributed by atoms with Crippen LogP contribution in [0.2, 0.25) is 0 Å². The van der Waals surface area contributed by atoms with Crippen molar-refractivity contribution < 1.29 is 19.1 Å². The first-order chi connectivity index (χ1) is 12.6. The van der Waals surface area contributed by atoms with E-state index >= 15 is 0 Å². The molecule has 2 saturated carbocycles. The highest BCUT2D eigenvalue weighted by atomic mass is 16.5. The molecule has 26 heavy (non-hydrogen) atoms. The summed E-state index contributed by atoms with van der Waals surface area (Å²) < 4.78 is 5.14. The fraction of sp³-hybridized carbons (Fsp3) is 0.450. The second-order valence-electron chi connectivity index (χ2n) is 7.70. The molecular formula is C20H20N2O4. The summed E-state index contributed by atoms with van der Waals surface area (Å²) in [6.45, 7) is -0.226. The zero-order valence-electron chi connectivity index (χ0n) is 14.4. The molecule has 1 aliphatic heterocycles. The molecule has 5 aliphatic rings. The van der Waals surface area contributed by atoms with E-state index in [9.17, 15) is 14.4 Å². The molecule has 4 aliphatic carbocycles. The zero-order chi connectivity index (χ0) is 18.0. The van der Waals surface area contributed by atoms with Crippen LogP contribution < -0.4 is 10.1 Å². The lowest BCUT2D eigenvalue weighted by Gasteiger charge is -2.37. The number of hydrogen-bond acceptors (Lipinski definition) is 4. The van der Waals surface area contributed by atoms with Crippen molar-refractivity contribution in [3.63, 3.8) is 0 Å². The van der Waals surface area contributed by atoms with Gasteiger partial charge in [-0.3, -0.25) is 19.3 Å². The molecule has 6 rings (SSSR count). The van der Waals surface area contributed by atoms with E-state index in [0.29, 0.717) is 23.3 Å². The van der Waals surface area contributed by atoms with E-state index in [1.165, 1.54) is 4.90 Å². The van der Waals surface area contributed by atoms with Crippen molar-refractivity contribution >= 4 is 23.4 Å². The maximum atomic E-state index is 12.9. The molecule has 0 unspecified atom stereocenters. The summed E-state index contributed by atoms with van der Waals surface area (Å²) in [5.74, 6) is 0.874. The molecule has 0 radical (unpaired) electrons. The Kier molecular flexibility index (Phi) is 3.26. The van der Waals surface area contributed by atoms with Crippen LogP contribution in [0.3, 0.4) is 0 Å². The zero-order valence-corrected chi connectivity index (χ0v) is 14.4. The average Bonchev–Trinajstić information content (AvgIpc) is 3.43. The molecule has 6 heteroatoms. The largest absolute Gasteiger partial charge is 0.497 e. The maximum Gasteiger partial charge on any atom is 0.244 e. The Bertz CT molecular complexity index is 812. The molecule has 1 aromatic rings. The minimum atomic E-state index is -0.371. The highest BCUT2D eigenvalue weighted by Gasteiger charge is 2.67. The number of allylic oxidation sites excluding steroid dienone is 2. The first-order valence-electron chi connectivity index (χ1n) is 9.06. The number of rotatable bonds is 4. The number of carbonyl (C=O) groups is 3. The lowest BCUT2D eigenvalue weighted by molar-refractivity contribution is -0.142. The van der Waals surface area contributed by atoms with Crippen LogP contribution in [0.25, 0.3) is 0 Å². The molecule has 1 N–H and O–H groups in total. The van der Waals surface area contributed by atoms with Crippen molar-refractivity contribution in [1.29, 1.82) is 0 Å². The van der Waals surface area contributed by atoms with Crippen molar-refractivity contribution in [3.05, 3.63) is 36.4 Å². The lowest BCUT2D eigenvalue weighted by Crippen LogP contribution is -2.40. The molecule has 3 fully saturated rings. The predicted octanol–water partition coefficient (Wildman–Crippen LogP) is 1.69. The Balaban J connectivity index is 1.31. The normalized spacial score (nSPS) is 36.0. The molecule has 0 aromatic heterocycles. The number of carbonyl (C=O) groups excluding carboxylic acids is 3. The molecular weight excluding hydrogens is 332 g/mol. The Morgan fingerprint density at radius 2 is 1.81 bits per heavy atom. The quantitative estimate of drug-likeness (QED) is 0.661. The van der Waals surface area contributed by atoms with Crippen LogP contribution in [0.4, 0.5) is 5.69 Å². The van der Waals surface area contributed by atoms with Crippen molar-refractivity contribution in [2.24, 2.45) is 35.5 Å². The standard InChI is InChI=1S/C20H20N2O4/c1-26-11-4-2-3-10(7-11)21-16(23)9-22-19(24)17-12-5-6-13(15-8-14(12)15)18(17)20(22)25/h2-7,12-15,17-18H,8-9H2,1H3,(H,21,23)/t12-,13-,14-,15+,17+,18+/m0/s1. The molecule has 0 spiro atoms. The number of imide groups is 1. The van der Waals surface area contributed by atoms with Crippen molar-refractivity contribution in [3.8, 4) is 5.75 Å². The summed E-state index contributed by atoms with van der Waals surface area (Å²) in [4.78, 5) is 39.3. The molecule has 134 valence electrons. The highest BCUT2D eigenvalue weighted by molar-refractivity contribution is 6.09. The molecule has 3 amide bonds. The van der Waals surface area contributed by atoms with Gasteiger partial charge in [0.15, 0.2) is 0 Å². The summed E-state index contributed by atoms with van der Waals surface area (Å²) in [6.07, 6.45) is 5.39. The Hall–Kier alpha value is -2.63. The van der Waals surface area contributed by atoms with E-state index in [0.717, 1.165) is 6.42 Å². The van der Waals surface area contributed by atoms with Gasteiger partial charge in [0, 0.05) is 11.8 Å². The van der Waals surface area contributed by atoms with Crippen molar-refractivity contribution in [2.75, 3.05) is 19.0 Å². The van der Waals surface area contributed by atoms with Gasteiger partial charge in [-0.25, -0.2) is 0 Å². The number of likely N-dealkylation sites (tertiary alicyclic amines) is 1. The number of hydrogen-bond donors (Lipinski definition) is 1. The molecule has 1 heterocycles. The molecule has 6 nitrogen and oxygen atoms in total. The minimum Gasteiger partial charge on any atom is -0.497 e. The topological polar surface area (TPSA) is 75.7 Å². The van der Waals surface area contributed by atoms with Crippen LogP contribution in [0, 0.1) is 35.5 Å². The Morgan fingerprint density at radius 3 is 2.42 bits per heavy atom. The summed E-state index contributed by atoms with van der Waals surface area (Å²) in [5.41, 5.74) is 0.578. The molecule has 6 atom stereocenters. The predicted molar refractivity (Wildman–Crippen MR) is 93.0 cm³/mol. The van der Waals surface area contributed by atoms with Gasteiger partial charge in [0.1, 0.15) is 12.3 Å². The van der Waals surface area contributed by atoms with E-state index in [1.54, 1.807) is 31.4 Å². The fourth-order valence-corrected chi connectivity index (χ4v) is 5.22. The number of nitrogens with zero attached hydrogens (tertiary/aromatic N) is 1. The van der Waals surface area contributed by atoms with Crippen LogP contribution in [0.1, 0.15) is 6.42 Å². The van der Waals surface area contributed by atoms with Gasteiger partial charge >= 0.3 is 0 Å². The highest BCUT2D eigenvalue weighted by Crippen LogP contribution is 2.65. The maximum absolute atomic E-state index is 12.9. The summed E-state index contributed by atoms with van der Waals surface area (Å²) in [6, 6.07) is 6.99. The van der Waals surface area contributed by atoms with Crippen LogP contribution in [-0.2, 0) is 14.4 Å². The van der Waals surface area contributed by atoms with Crippen molar-refractivity contribution in [1.82, 2.24) is 4.90 Å². The van der Waals surface area contributed by atoms with Gasteiger partial charge in [-0.1, -0.05) is 18.2 Å². The monoisotopic (exact) mass is 352 g/mol. The third-order valence-electron chi connectivity index (χ3n) is 6.41. The van der Waals surface area contributed by atoms with E-state index in [-0.39, 0.29) is 47.9 Å². The van der Waals surface area contributed by atoms with Gasteiger partial charge in [0.05, 0.1) is 18.9 Å². The number of benzene rings is 1.